The van der Waals surface area contributed by atoms with Gasteiger partial charge in [0.25, 0.3) is 0 Å². The molecule has 0 N–H and O–H groups in total. The van der Waals surface area contributed by atoms with Gasteiger partial charge in [0.2, 0.25) is 0 Å². The van der Waals surface area contributed by atoms with Crippen molar-refractivity contribution < 1.29 is 0 Å². The van der Waals surface area contributed by atoms with Crippen LogP contribution in [0.4, 0.5) is 0 Å². The lowest BCUT2D eigenvalue weighted by Crippen LogP contribution is -1.95. The fourth-order valence-corrected chi connectivity index (χ4v) is 2.64. The number of hydrogen-bond acceptors (Lipinski definition) is 2. The molecule has 0 aromatic carbocycles. The molecule has 0 atom stereocenters. The molecular weight excluding hydrogens is 208 g/mol. The molecular formula is C15H16N2. The second-order valence-electron chi connectivity index (χ2n) is 4.93. The Hall–Kier alpha value is -1.70. The van der Waals surface area contributed by atoms with Crippen LogP contribution in [-0.4, -0.2) is 9.97 Å². The smallest absolute Gasteiger partial charge is 0.0529 e. The molecule has 17 heavy (non-hydrogen) atoms. The second kappa shape index (κ2) is 3.39. The summed E-state index contributed by atoms with van der Waals surface area (Å²) in [6.45, 7) is 8.56. The van der Waals surface area contributed by atoms with Crippen LogP contribution < -0.4 is 0 Å². The van der Waals surface area contributed by atoms with E-state index in [0.29, 0.717) is 0 Å². The van der Waals surface area contributed by atoms with E-state index in [1.807, 2.05) is 12.4 Å². The fourth-order valence-electron chi connectivity index (χ4n) is 2.64. The molecule has 2 heteroatoms. The molecule has 0 unspecified atom stereocenters. The minimum absolute atomic E-state index is 0.930. The number of nitrogens with zero attached hydrogens (tertiary/aromatic N) is 2. The molecule has 2 aromatic rings. The van der Waals surface area contributed by atoms with E-state index in [1.165, 1.54) is 39.1 Å². The van der Waals surface area contributed by atoms with Gasteiger partial charge in [-0.1, -0.05) is 0 Å². The Morgan fingerprint density at radius 3 is 2.41 bits per heavy atom. The molecule has 0 bridgehead atoms. The third-order valence-corrected chi connectivity index (χ3v) is 3.93. The summed E-state index contributed by atoms with van der Waals surface area (Å²) >= 11 is 0. The van der Waals surface area contributed by atoms with Crippen LogP contribution in [0.5, 0.6) is 0 Å². The summed E-state index contributed by atoms with van der Waals surface area (Å²) in [5.41, 5.74) is 10.3. The van der Waals surface area contributed by atoms with Crippen LogP contribution in [0.25, 0.3) is 11.1 Å². The molecule has 0 saturated carbocycles. The number of aromatic nitrogens is 2. The number of rotatable bonds is 0. The van der Waals surface area contributed by atoms with Gasteiger partial charge in [0.1, 0.15) is 0 Å². The first-order chi connectivity index (χ1) is 8.09. The van der Waals surface area contributed by atoms with E-state index in [2.05, 4.69) is 37.7 Å². The van der Waals surface area contributed by atoms with E-state index < -0.39 is 0 Å². The van der Waals surface area contributed by atoms with Crippen molar-refractivity contribution in [3.8, 4) is 11.1 Å². The Morgan fingerprint density at radius 2 is 1.65 bits per heavy atom. The van der Waals surface area contributed by atoms with E-state index in [-0.39, 0.29) is 0 Å². The van der Waals surface area contributed by atoms with Crippen molar-refractivity contribution in [2.75, 3.05) is 0 Å². The predicted molar refractivity (Wildman–Crippen MR) is 69.2 cm³/mol. The number of fused-ring (bicyclic) bond motifs is 3. The molecule has 86 valence electrons. The summed E-state index contributed by atoms with van der Waals surface area (Å²) in [5, 5.41) is 0. The lowest BCUT2D eigenvalue weighted by molar-refractivity contribution is 1.07. The van der Waals surface area contributed by atoms with Crippen LogP contribution in [0.15, 0.2) is 12.4 Å². The molecule has 1 aliphatic carbocycles. The molecule has 1 aliphatic rings. The number of hydrogen-bond donors (Lipinski definition) is 0. The lowest BCUT2D eigenvalue weighted by Gasteiger charge is -2.11. The van der Waals surface area contributed by atoms with Gasteiger partial charge in [-0.05, 0) is 55.5 Å². The summed E-state index contributed by atoms with van der Waals surface area (Å²) < 4.78 is 0. The van der Waals surface area contributed by atoms with Crippen molar-refractivity contribution in [3.05, 3.63) is 46.0 Å². The highest BCUT2D eigenvalue weighted by Gasteiger charge is 2.24. The maximum absolute atomic E-state index is 4.58. The van der Waals surface area contributed by atoms with Crippen molar-refractivity contribution in [1.82, 2.24) is 9.97 Å². The number of aryl methyl sites for hydroxylation is 2. The first kappa shape index (κ1) is 10.5. The van der Waals surface area contributed by atoms with Crippen molar-refractivity contribution in [1.29, 1.82) is 0 Å². The van der Waals surface area contributed by atoms with Gasteiger partial charge < -0.3 is 0 Å². The SMILES string of the molecule is Cc1cnc2c(c1C)-c1c(cnc(C)c1C)C2. The molecule has 2 nitrogen and oxygen atoms in total. The third kappa shape index (κ3) is 1.33. The van der Waals surface area contributed by atoms with E-state index >= 15 is 0 Å². The van der Waals surface area contributed by atoms with E-state index in [1.54, 1.807) is 0 Å². The Bertz CT molecular complexity index is 572. The molecule has 0 spiro atoms. The zero-order valence-electron chi connectivity index (χ0n) is 10.8. The highest BCUT2D eigenvalue weighted by Crippen LogP contribution is 2.40. The zero-order valence-corrected chi connectivity index (χ0v) is 10.8. The summed E-state index contributed by atoms with van der Waals surface area (Å²) in [5.74, 6) is 0. The van der Waals surface area contributed by atoms with E-state index in [4.69, 9.17) is 0 Å². The van der Waals surface area contributed by atoms with Gasteiger partial charge in [-0.2, -0.15) is 0 Å². The zero-order chi connectivity index (χ0) is 12.2. The molecule has 3 rings (SSSR count). The Labute approximate surface area is 102 Å². The van der Waals surface area contributed by atoms with Crippen molar-refractivity contribution in [2.45, 2.75) is 34.1 Å². The molecule has 0 amide bonds. The van der Waals surface area contributed by atoms with Gasteiger partial charge in [-0.25, -0.2) is 0 Å². The van der Waals surface area contributed by atoms with E-state index in [0.717, 1.165) is 12.1 Å². The van der Waals surface area contributed by atoms with Crippen LogP contribution in [-0.2, 0) is 6.42 Å². The van der Waals surface area contributed by atoms with Crippen LogP contribution >= 0.6 is 0 Å². The van der Waals surface area contributed by atoms with Gasteiger partial charge >= 0.3 is 0 Å². The summed E-state index contributed by atoms with van der Waals surface area (Å²) in [4.78, 5) is 9.04. The van der Waals surface area contributed by atoms with Crippen molar-refractivity contribution in [3.63, 3.8) is 0 Å². The van der Waals surface area contributed by atoms with Crippen LogP contribution in [0.2, 0.25) is 0 Å². The summed E-state index contributed by atoms with van der Waals surface area (Å²) in [7, 11) is 0. The Kier molecular flexibility index (Phi) is 2.09. The Balaban J connectivity index is 2.40. The molecule has 0 aliphatic heterocycles. The molecule has 0 fully saturated rings. The van der Waals surface area contributed by atoms with Crippen LogP contribution in [0.1, 0.15) is 33.6 Å². The monoisotopic (exact) mass is 224 g/mol. The fraction of sp³-hybridized carbons (Fsp3) is 0.333. The van der Waals surface area contributed by atoms with Gasteiger partial charge in [-0.3, -0.25) is 9.97 Å². The quantitative estimate of drug-likeness (QED) is 0.585. The molecule has 2 aromatic heterocycles. The van der Waals surface area contributed by atoms with Gasteiger partial charge in [0.15, 0.2) is 0 Å². The van der Waals surface area contributed by atoms with Gasteiger partial charge in [0, 0.05) is 30.1 Å². The highest BCUT2D eigenvalue weighted by atomic mass is 14.7. The normalized spacial score (nSPS) is 12.5. The number of pyridine rings is 2. The minimum Gasteiger partial charge on any atom is -0.261 e. The largest absolute Gasteiger partial charge is 0.261 e. The lowest BCUT2D eigenvalue weighted by atomic mass is 9.96. The maximum atomic E-state index is 4.58. The van der Waals surface area contributed by atoms with Gasteiger partial charge in [0.05, 0.1) is 5.69 Å². The average Bonchev–Trinajstić information content (AvgIpc) is 2.69. The first-order valence-electron chi connectivity index (χ1n) is 6.00. The van der Waals surface area contributed by atoms with Crippen molar-refractivity contribution >= 4 is 0 Å². The standard InChI is InChI=1S/C15H16N2/c1-8-6-17-13-5-12-7-16-11(4)10(3)14(12)15(13)9(8)2/h6-7H,5H2,1-4H3. The maximum Gasteiger partial charge on any atom is 0.0529 e. The Morgan fingerprint density at radius 1 is 0.882 bits per heavy atom. The minimum atomic E-state index is 0.930. The highest BCUT2D eigenvalue weighted by molar-refractivity contribution is 5.81. The predicted octanol–water partition coefficient (Wildman–Crippen LogP) is 3.28. The topological polar surface area (TPSA) is 25.8 Å². The second-order valence-corrected chi connectivity index (χ2v) is 4.93. The third-order valence-electron chi connectivity index (χ3n) is 3.93. The summed E-state index contributed by atoms with van der Waals surface area (Å²) in [6, 6.07) is 0. The van der Waals surface area contributed by atoms with Crippen LogP contribution in [0, 0.1) is 27.7 Å². The molecule has 0 radical (unpaired) electrons. The average molecular weight is 224 g/mol. The van der Waals surface area contributed by atoms with Gasteiger partial charge in [-0.15, -0.1) is 0 Å². The molecule has 0 saturated heterocycles. The van der Waals surface area contributed by atoms with Crippen molar-refractivity contribution in [2.24, 2.45) is 0 Å². The summed E-state index contributed by atoms with van der Waals surface area (Å²) in [6.07, 6.45) is 4.92. The van der Waals surface area contributed by atoms with Crippen LogP contribution in [0.3, 0.4) is 0 Å². The first-order valence-corrected chi connectivity index (χ1v) is 6.00. The molecule has 2 heterocycles. The van der Waals surface area contributed by atoms with E-state index in [9.17, 15) is 0 Å².